The molecule has 1 saturated carbocycles. The lowest BCUT2D eigenvalue weighted by Gasteiger charge is -2.22. The molecule has 3 atom stereocenters. The van der Waals surface area contributed by atoms with E-state index in [0.29, 0.717) is 12.3 Å². The Bertz CT molecular complexity index is 617. The monoisotopic (exact) mass is 403 g/mol. The number of unbranched alkanes of at least 4 members (excludes halogenated alkanes) is 5. The Kier molecular flexibility index (Phi) is 10.8. The molecule has 0 spiro atoms. The highest BCUT2D eigenvalue weighted by atomic mass is 16.6. The van der Waals surface area contributed by atoms with Crippen molar-refractivity contribution in [1.82, 2.24) is 0 Å². The third-order valence-corrected chi connectivity index (χ3v) is 6.07. The fraction of sp³-hybridized carbons (Fsp3) is 0.667. The number of aliphatic hydroxyl groups excluding tert-OH is 1. The Morgan fingerprint density at radius 2 is 1.72 bits per heavy atom. The first kappa shape index (κ1) is 23.4. The van der Waals surface area contributed by atoms with Gasteiger partial charge in [0.2, 0.25) is 0 Å². The first-order valence-corrected chi connectivity index (χ1v) is 11.2. The highest BCUT2D eigenvalue weighted by molar-refractivity contribution is 5.89. The van der Waals surface area contributed by atoms with Crippen LogP contribution in [0.5, 0.6) is 0 Å². The Hall–Kier alpha value is -1.88. The van der Waals surface area contributed by atoms with Gasteiger partial charge in [-0.3, -0.25) is 4.79 Å². The second-order valence-electron chi connectivity index (χ2n) is 8.24. The van der Waals surface area contributed by atoms with Gasteiger partial charge in [-0.15, -0.1) is 0 Å². The molecule has 5 heteroatoms. The smallest absolute Gasteiger partial charge is 0.303 e. The number of carboxylic acids is 1. The fourth-order valence-electron chi connectivity index (χ4n) is 4.55. The summed E-state index contributed by atoms with van der Waals surface area (Å²) in [6.07, 6.45) is 10.9. The van der Waals surface area contributed by atoms with Crippen LogP contribution in [-0.2, 0) is 16.1 Å². The van der Waals surface area contributed by atoms with Gasteiger partial charge >= 0.3 is 5.97 Å². The van der Waals surface area contributed by atoms with Crippen LogP contribution < -0.4 is 0 Å². The van der Waals surface area contributed by atoms with Gasteiger partial charge in [-0.1, -0.05) is 67.6 Å². The number of aliphatic carboxylic acids is 1. The van der Waals surface area contributed by atoms with E-state index in [9.17, 15) is 9.90 Å². The quantitative estimate of drug-likeness (QED) is 0.330. The third-order valence-electron chi connectivity index (χ3n) is 6.07. The van der Waals surface area contributed by atoms with E-state index < -0.39 is 5.97 Å². The lowest BCUT2D eigenvalue weighted by atomic mass is 9.85. The minimum absolute atomic E-state index is 0.248. The van der Waals surface area contributed by atoms with E-state index in [1.807, 2.05) is 0 Å². The number of hydrogen-bond acceptors (Lipinski definition) is 4. The van der Waals surface area contributed by atoms with E-state index in [4.69, 9.17) is 9.94 Å². The second-order valence-corrected chi connectivity index (χ2v) is 8.24. The molecule has 1 aromatic carbocycles. The maximum atomic E-state index is 10.6. The molecule has 1 aliphatic rings. The molecule has 0 saturated heterocycles. The molecule has 29 heavy (non-hydrogen) atoms. The van der Waals surface area contributed by atoms with Crippen LogP contribution in [0.25, 0.3) is 0 Å². The van der Waals surface area contributed by atoms with Gasteiger partial charge in [0.15, 0.2) is 0 Å². The summed E-state index contributed by atoms with van der Waals surface area (Å²) in [4.78, 5) is 15.6. The molecule has 1 aromatic rings. The summed E-state index contributed by atoms with van der Waals surface area (Å²) in [5, 5.41) is 23.5. The minimum Gasteiger partial charge on any atom is -0.481 e. The van der Waals surface area contributed by atoms with Gasteiger partial charge in [0.1, 0.15) is 7.11 Å². The van der Waals surface area contributed by atoms with Crippen molar-refractivity contribution < 1.29 is 19.8 Å². The zero-order valence-electron chi connectivity index (χ0n) is 17.8. The predicted octanol–water partition coefficient (Wildman–Crippen LogP) is 5.21. The molecule has 162 valence electrons. The number of oxime groups is 1. The number of nitrogens with zero attached hydrogens (tertiary/aromatic N) is 1. The van der Waals surface area contributed by atoms with Crippen molar-refractivity contribution in [2.24, 2.45) is 17.0 Å². The van der Waals surface area contributed by atoms with Gasteiger partial charge in [0, 0.05) is 18.8 Å². The fourth-order valence-corrected chi connectivity index (χ4v) is 4.55. The molecule has 0 heterocycles. The number of carbonyl (C=O) groups is 1. The molecule has 2 rings (SSSR count). The normalized spacial score (nSPS) is 22.8. The first-order chi connectivity index (χ1) is 14.1. The van der Waals surface area contributed by atoms with Crippen LogP contribution in [0.2, 0.25) is 0 Å². The van der Waals surface area contributed by atoms with Crippen LogP contribution in [0.15, 0.2) is 35.5 Å². The molecule has 5 nitrogen and oxygen atoms in total. The van der Waals surface area contributed by atoms with Gasteiger partial charge in [0.05, 0.1) is 11.8 Å². The van der Waals surface area contributed by atoms with Gasteiger partial charge in [-0.05, 0) is 43.6 Å². The van der Waals surface area contributed by atoms with Crippen LogP contribution in [0.1, 0.15) is 76.2 Å². The number of rotatable bonds is 14. The number of carboxylic acid groups (broad SMARTS) is 1. The zero-order chi connectivity index (χ0) is 20.9. The van der Waals surface area contributed by atoms with Crippen molar-refractivity contribution >= 4 is 11.7 Å². The molecule has 0 amide bonds. The van der Waals surface area contributed by atoms with Crippen molar-refractivity contribution in [3.63, 3.8) is 0 Å². The summed E-state index contributed by atoms with van der Waals surface area (Å²) in [6.45, 7) is 0. The molecule has 2 N–H and O–H groups in total. The maximum absolute atomic E-state index is 10.6. The molecule has 2 unspecified atom stereocenters. The second kappa shape index (κ2) is 13.4. The SMILES string of the molecule is CO/N=C1/CC(O)[C@H](CCCCCCC(=O)O)C1CCCCCc1ccccc1. The van der Waals surface area contributed by atoms with Crippen LogP contribution in [0.4, 0.5) is 0 Å². The topological polar surface area (TPSA) is 79.1 Å². The molecular weight excluding hydrogens is 366 g/mol. The van der Waals surface area contributed by atoms with Gasteiger partial charge < -0.3 is 15.1 Å². The van der Waals surface area contributed by atoms with Crippen molar-refractivity contribution in [2.75, 3.05) is 7.11 Å². The average molecular weight is 404 g/mol. The molecule has 0 aromatic heterocycles. The lowest BCUT2D eigenvalue weighted by Crippen LogP contribution is -2.21. The molecule has 0 aliphatic heterocycles. The Labute approximate surface area is 175 Å². The summed E-state index contributed by atoms with van der Waals surface area (Å²) >= 11 is 0. The van der Waals surface area contributed by atoms with Gasteiger partial charge in [0.25, 0.3) is 0 Å². The molecule has 0 radical (unpaired) electrons. The molecule has 1 aliphatic carbocycles. The van der Waals surface area contributed by atoms with Gasteiger partial charge in [-0.2, -0.15) is 0 Å². The Balaban J connectivity index is 1.74. The van der Waals surface area contributed by atoms with Crippen molar-refractivity contribution in [1.29, 1.82) is 0 Å². The Morgan fingerprint density at radius 3 is 2.45 bits per heavy atom. The number of hydrogen-bond donors (Lipinski definition) is 2. The van der Waals surface area contributed by atoms with E-state index in [2.05, 4.69) is 35.5 Å². The summed E-state index contributed by atoms with van der Waals surface area (Å²) in [7, 11) is 1.58. The van der Waals surface area contributed by atoms with E-state index in [1.54, 1.807) is 7.11 Å². The maximum Gasteiger partial charge on any atom is 0.303 e. The summed E-state index contributed by atoms with van der Waals surface area (Å²) < 4.78 is 0. The highest BCUT2D eigenvalue weighted by Gasteiger charge is 2.39. The first-order valence-electron chi connectivity index (χ1n) is 11.2. The predicted molar refractivity (Wildman–Crippen MR) is 116 cm³/mol. The summed E-state index contributed by atoms with van der Waals surface area (Å²) in [6, 6.07) is 10.6. The number of aliphatic hydroxyl groups is 1. The molecular formula is C24H37NO4. The van der Waals surface area contributed by atoms with Crippen LogP contribution in [-0.4, -0.2) is 35.1 Å². The van der Waals surface area contributed by atoms with Crippen molar-refractivity contribution in [3.8, 4) is 0 Å². The van der Waals surface area contributed by atoms with E-state index in [0.717, 1.165) is 57.1 Å². The molecule has 1 fully saturated rings. The zero-order valence-corrected chi connectivity index (χ0v) is 17.8. The summed E-state index contributed by atoms with van der Waals surface area (Å²) in [5.74, 6) is -0.165. The lowest BCUT2D eigenvalue weighted by molar-refractivity contribution is -0.137. The van der Waals surface area contributed by atoms with Gasteiger partial charge in [-0.25, -0.2) is 0 Å². The van der Waals surface area contributed by atoms with Crippen molar-refractivity contribution in [3.05, 3.63) is 35.9 Å². The molecule has 0 bridgehead atoms. The van der Waals surface area contributed by atoms with Crippen molar-refractivity contribution in [2.45, 2.75) is 83.2 Å². The number of aryl methyl sites for hydroxylation is 1. The largest absolute Gasteiger partial charge is 0.481 e. The highest BCUT2D eigenvalue weighted by Crippen LogP contribution is 2.37. The van der Waals surface area contributed by atoms with Crippen LogP contribution in [0, 0.1) is 11.8 Å². The van der Waals surface area contributed by atoms with E-state index in [-0.39, 0.29) is 18.4 Å². The number of benzene rings is 1. The third kappa shape index (κ3) is 8.57. The Morgan fingerprint density at radius 1 is 1.03 bits per heavy atom. The standard InChI is InChI=1S/C24H37NO4/c1-29-25-22-18-23(26)21(16-9-2-3-11-17-24(27)28)20(22)15-10-5-8-14-19-12-6-4-7-13-19/h4,6-7,12-13,20-21,23,26H,2-3,5,8-11,14-18H2,1H3,(H,27,28)/b25-22-/t20?,21-,23?/m1/s1. The van der Waals surface area contributed by atoms with E-state index in [1.165, 1.54) is 18.4 Å². The van der Waals surface area contributed by atoms with Crippen LogP contribution >= 0.6 is 0 Å². The van der Waals surface area contributed by atoms with E-state index >= 15 is 0 Å². The van der Waals surface area contributed by atoms with Crippen LogP contribution in [0.3, 0.4) is 0 Å². The minimum atomic E-state index is -0.719. The summed E-state index contributed by atoms with van der Waals surface area (Å²) in [5.41, 5.74) is 2.41. The average Bonchev–Trinajstić information content (AvgIpc) is 2.99.